The lowest BCUT2D eigenvalue weighted by Gasteiger charge is -2.09. The zero-order valence-corrected chi connectivity index (χ0v) is 17.8. The van der Waals surface area contributed by atoms with Crippen LogP contribution < -0.4 is 5.43 Å². The summed E-state index contributed by atoms with van der Waals surface area (Å²) < 4.78 is 2.13. The number of thioether (sulfide) groups is 1. The van der Waals surface area contributed by atoms with Crippen LogP contribution in [0, 0.1) is 0 Å². The molecule has 0 atom stereocenters. The van der Waals surface area contributed by atoms with Crippen molar-refractivity contribution in [2.45, 2.75) is 18.6 Å². The number of hydrazone groups is 1. The van der Waals surface area contributed by atoms with E-state index in [1.807, 2.05) is 42.5 Å². The van der Waals surface area contributed by atoms with E-state index in [1.54, 1.807) is 31.2 Å². The second-order valence-electron chi connectivity index (χ2n) is 7.02. The Morgan fingerprint density at radius 2 is 1.74 bits per heavy atom. The summed E-state index contributed by atoms with van der Waals surface area (Å²) in [6.45, 7) is 2.49. The van der Waals surface area contributed by atoms with Gasteiger partial charge in [-0.1, -0.05) is 54.2 Å². The second-order valence-corrected chi connectivity index (χ2v) is 7.97. The van der Waals surface area contributed by atoms with Crippen LogP contribution in [0.15, 0.2) is 89.1 Å². The van der Waals surface area contributed by atoms with Gasteiger partial charge in [-0.3, -0.25) is 4.79 Å². The minimum absolute atomic E-state index is 0.190. The largest absolute Gasteiger partial charge is 0.508 e. The molecule has 6 nitrogen and oxygen atoms in total. The molecule has 0 radical (unpaired) electrons. The molecule has 0 aliphatic rings. The molecule has 0 aliphatic carbocycles. The van der Waals surface area contributed by atoms with Gasteiger partial charge in [0, 0.05) is 0 Å². The zero-order valence-electron chi connectivity index (χ0n) is 17.0. The van der Waals surface area contributed by atoms with Gasteiger partial charge in [0.1, 0.15) is 5.75 Å². The number of rotatable bonds is 7. The molecule has 3 aromatic carbocycles. The number of imidazole rings is 1. The van der Waals surface area contributed by atoms with E-state index < -0.39 is 0 Å². The van der Waals surface area contributed by atoms with Crippen molar-refractivity contribution >= 4 is 34.4 Å². The predicted molar refractivity (Wildman–Crippen MR) is 124 cm³/mol. The highest BCUT2D eigenvalue weighted by Crippen LogP contribution is 2.25. The molecule has 0 spiro atoms. The number of nitrogens with one attached hydrogen (secondary N) is 1. The molecular formula is C24H22N4O2S. The summed E-state index contributed by atoms with van der Waals surface area (Å²) in [5.41, 5.74) is 7.20. The summed E-state index contributed by atoms with van der Waals surface area (Å²) >= 11 is 1.39. The number of para-hydroxylation sites is 2. The Morgan fingerprint density at radius 3 is 2.52 bits per heavy atom. The highest BCUT2D eigenvalue weighted by molar-refractivity contribution is 7.99. The normalized spacial score (nSPS) is 11.6. The summed E-state index contributed by atoms with van der Waals surface area (Å²) in [5, 5.41) is 14.3. The summed E-state index contributed by atoms with van der Waals surface area (Å²) in [7, 11) is 0. The molecule has 0 unspecified atom stereocenters. The van der Waals surface area contributed by atoms with E-state index in [2.05, 4.69) is 27.2 Å². The number of amides is 1. The first kappa shape index (κ1) is 20.7. The Bertz CT molecular complexity index is 1220. The molecule has 0 saturated heterocycles. The number of aromatic hydroxyl groups is 1. The topological polar surface area (TPSA) is 79.5 Å². The molecule has 31 heavy (non-hydrogen) atoms. The second kappa shape index (κ2) is 9.49. The van der Waals surface area contributed by atoms with E-state index in [0.717, 1.165) is 21.8 Å². The van der Waals surface area contributed by atoms with Gasteiger partial charge in [0.15, 0.2) is 5.16 Å². The number of carbonyl (C=O) groups excluding carboxylic acids is 1. The molecule has 156 valence electrons. The van der Waals surface area contributed by atoms with Gasteiger partial charge in [-0.25, -0.2) is 10.4 Å². The van der Waals surface area contributed by atoms with Crippen molar-refractivity contribution in [1.29, 1.82) is 0 Å². The zero-order chi connectivity index (χ0) is 21.6. The van der Waals surface area contributed by atoms with Crippen molar-refractivity contribution in [1.82, 2.24) is 15.0 Å². The number of fused-ring (bicyclic) bond motifs is 1. The minimum atomic E-state index is -0.207. The van der Waals surface area contributed by atoms with Crippen LogP contribution in [0.1, 0.15) is 18.1 Å². The minimum Gasteiger partial charge on any atom is -0.508 e. The van der Waals surface area contributed by atoms with Crippen molar-refractivity contribution in [3.05, 3.63) is 90.0 Å². The van der Waals surface area contributed by atoms with E-state index in [0.29, 0.717) is 12.3 Å². The molecule has 7 heteroatoms. The van der Waals surface area contributed by atoms with Crippen LogP contribution in [0.4, 0.5) is 0 Å². The smallest absolute Gasteiger partial charge is 0.250 e. The molecule has 1 heterocycles. The van der Waals surface area contributed by atoms with Crippen LogP contribution in [0.5, 0.6) is 5.75 Å². The lowest BCUT2D eigenvalue weighted by Crippen LogP contribution is -2.21. The first-order valence-corrected chi connectivity index (χ1v) is 10.8. The molecule has 0 aliphatic heterocycles. The van der Waals surface area contributed by atoms with E-state index >= 15 is 0 Å². The molecule has 4 rings (SSSR count). The molecule has 0 saturated carbocycles. The summed E-state index contributed by atoms with van der Waals surface area (Å²) in [6, 6.07) is 24.8. The SMILES string of the molecule is C/C(=N/NC(=O)CSc1nc2ccccc2n1Cc1ccccc1)c1ccc(O)cc1. The van der Waals surface area contributed by atoms with Gasteiger partial charge in [0.25, 0.3) is 5.91 Å². The Labute approximate surface area is 184 Å². The maximum atomic E-state index is 12.4. The van der Waals surface area contributed by atoms with Crippen molar-refractivity contribution in [3.63, 3.8) is 0 Å². The van der Waals surface area contributed by atoms with Crippen molar-refractivity contribution in [2.24, 2.45) is 5.10 Å². The fraction of sp³-hybridized carbons (Fsp3) is 0.125. The summed E-state index contributed by atoms with van der Waals surface area (Å²) in [6.07, 6.45) is 0. The fourth-order valence-electron chi connectivity index (χ4n) is 3.16. The number of hydrogen-bond acceptors (Lipinski definition) is 5. The van der Waals surface area contributed by atoms with E-state index in [9.17, 15) is 9.90 Å². The number of phenols is 1. The average molecular weight is 431 g/mol. The molecule has 1 aromatic heterocycles. The van der Waals surface area contributed by atoms with Crippen LogP contribution in [0.2, 0.25) is 0 Å². The molecule has 2 N–H and O–H groups in total. The quantitative estimate of drug-likeness (QED) is 0.258. The summed E-state index contributed by atoms with van der Waals surface area (Å²) in [4.78, 5) is 17.1. The third-order valence-electron chi connectivity index (χ3n) is 4.77. The maximum Gasteiger partial charge on any atom is 0.250 e. The number of benzene rings is 3. The van der Waals surface area contributed by atoms with Gasteiger partial charge in [0.2, 0.25) is 0 Å². The van der Waals surface area contributed by atoms with Crippen molar-refractivity contribution in [2.75, 3.05) is 5.75 Å². The number of hydrogen-bond donors (Lipinski definition) is 2. The molecule has 4 aromatic rings. The Morgan fingerprint density at radius 1 is 1.03 bits per heavy atom. The summed E-state index contributed by atoms with van der Waals surface area (Å²) in [5.74, 6) is 0.182. The number of phenolic OH excluding ortho intramolecular Hbond substituents is 1. The van der Waals surface area contributed by atoms with Gasteiger partial charge in [-0.15, -0.1) is 0 Å². The lowest BCUT2D eigenvalue weighted by atomic mass is 10.1. The van der Waals surface area contributed by atoms with Crippen LogP contribution in [0.25, 0.3) is 11.0 Å². The van der Waals surface area contributed by atoms with Crippen LogP contribution in [0.3, 0.4) is 0 Å². The highest BCUT2D eigenvalue weighted by atomic mass is 32.2. The lowest BCUT2D eigenvalue weighted by molar-refractivity contribution is -0.118. The van der Waals surface area contributed by atoms with Gasteiger partial charge in [-0.2, -0.15) is 5.10 Å². The van der Waals surface area contributed by atoms with Crippen molar-refractivity contribution in [3.8, 4) is 5.75 Å². The maximum absolute atomic E-state index is 12.4. The molecule has 0 fully saturated rings. The van der Waals surface area contributed by atoms with Gasteiger partial charge < -0.3 is 9.67 Å². The monoisotopic (exact) mass is 430 g/mol. The predicted octanol–water partition coefficient (Wildman–Crippen LogP) is 4.42. The highest BCUT2D eigenvalue weighted by Gasteiger charge is 2.13. The number of nitrogens with zero attached hydrogens (tertiary/aromatic N) is 3. The number of aromatic nitrogens is 2. The van der Waals surface area contributed by atoms with Gasteiger partial charge in [-0.05, 0) is 54.4 Å². The molecule has 1 amide bonds. The third kappa shape index (κ3) is 5.13. The Kier molecular flexibility index (Phi) is 6.33. The standard InChI is InChI=1S/C24H22N4O2S/c1-17(19-11-13-20(29)14-12-19)26-27-23(30)16-31-24-25-21-9-5-6-10-22(21)28(24)15-18-7-3-2-4-8-18/h2-14,29H,15-16H2,1H3,(H,27,30)/b26-17-. The fourth-order valence-corrected chi connectivity index (χ4v) is 3.96. The number of carbonyl (C=O) groups is 1. The van der Waals surface area contributed by atoms with Crippen LogP contribution >= 0.6 is 11.8 Å². The average Bonchev–Trinajstić information content (AvgIpc) is 3.14. The molecule has 0 bridgehead atoms. The van der Waals surface area contributed by atoms with E-state index in [-0.39, 0.29) is 17.4 Å². The third-order valence-corrected chi connectivity index (χ3v) is 5.75. The first-order chi connectivity index (χ1) is 15.1. The first-order valence-electron chi connectivity index (χ1n) is 9.84. The van der Waals surface area contributed by atoms with Gasteiger partial charge >= 0.3 is 0 Å². The van der Waals surface area contributed by atoms with E-state index in [4.69, 9.17) is 4.98 Å². The van der Waals surface area contributed by atoms with E-state index in [1.165, 1.54) is 17.3 Å². The van der Waals surface area contributed by atoms with Crippen molar-refractivity contribution < 1.29 is 9.90 Å². The Balaban J connectivity index is 1.46. The van der Waals surface area contributed by atoms with Crippen LogP contribution in [-0.2, 0) is 11.3 Å². The van der Waals surface area contributed by atoms with Gasteiger partial charge in [0.05, 0.1) is 29.0 Å². The Hall–Kier alpha value is -3.58. The molecular weight excluding hydrogens is 408 g/mol. The van der Waals surface area contributed by atoms with Crippen LogP contribution in [-0.4, -0.2) is 32.0 Å².